The normalized spacial score (nSPS) is 9.80. The van der Waals surface area contributed by atoms with Crippen LogP contribution in [0.3, 0.4) is 0 Å². The van der Waals surface area contributed by atoms with Crippen molar-refractivity contribution in [3.8, 4) is 11.8 Å². The molecule has 1 aromatic rings. The van der Waals surface area contributed by atoms with Gasteiger partial charge in [-0.05, 0) is 30.7 Å². The highest BCUT2D eigenvalue weighted by Gasteiger charge is 2.15. The molecule has 0 aliphatic carbocycles. The molecule has 1 rings (SSSR count). The first-order valence-corrected chi connectivity index (χ1v) is 6.44. The van der Waals surface area contributed by atoms with Gasteiger partial charge in [0.25, 0.3) is 5.91 Å². The van der Waals surface area contributed by atoms with Crippen LogP contribution in [-0.2, 0) is 0 Å². The van der Waals surface area contributed by atoms with E-state index in [-0.39, 0.29) is 38.8 Å². The topological polar surface area (TPSA) is 86.8 Å². The van der Waals surface area contributed by atoms with Gasteiger partial charge >= 0.3 is 0 Å². The fourth-order valence-electron chi connectivity index (χ4n) is 1.87. The van der Waals surface area contributed by atoms with Crippen molar-refractivity contribution in [1.29, 1.82) is 0 Å². The van der Waals surface area contributed by atoms with E-state index in [1.54, 1.807) is 12.1 Å². The number of amides is 1. The smallest absolute Gasteiger partial charge is 0.254 e. The van der Waals surface area contributed by atoms with Crippen molar-refractivity contribution in [3.05, 3.63) is 34.9 Å². The largest absolute Gasteiger partial charge is 0.395 e. The molecule has 0 radical (unpaired) electrons. The zero-order chi connectivity index (χ0) is 15.0. The number of hydrogen-bond donors (Lipinski definition) is 3. The second-order valence-corrected chi connectivity index (χ2v) is 4.33. The highest BCUT2D eigenvalue weighted by atomic mass is 16.3. The molecule has 0 aliphatic rings. The highest BCUT2D eigenvalue weighted by molar-refractivity contribution is 5.94. The molecule has 0 heterocycles. The van der Waals surface area contributed by atoms with E-state index in [0.717, 1.165) is 11.1 Å². The molecule has 1 aromatic carbocycles. The maximum Gasteiger partial charge on any atom is 0.254 e. The SMILES string of the molecule is Cc1cc(C#CCN)cc(C(=O)N(CCO)CCO)c1. The first-order chi connectivity index (χ1) is 9.62. The second kappa shape index (κ2) is 8.33. The van der Waals surface area contributed by atoms with Gasteiger partial charge in [-0.1, -0.05) is 11.8 Å². The van der Waals surface area contributed by atoms with Gasteiger partial charge in [0.2, 0.25) is 0 Å². The minimum atomic E-state index is -0.229. The molecule has 0 aromatic heterocycles. The first kappa shape index (κ1) is 16.2. The van der Waals surface area contributed by atoms with E-state index in [9.17, 15) is 4.79 Å². The fraction of sp³-hybridized carbons (Fsp3) is 0.400. The number of aliphatic hydroxyl groups excluding tert-OH is 2. The molecule has 5 heteroatoms. The van der Waals surface area contributed by atoms with E-state index in [0.29, 0.717) is 5.56 Å². The van der Waals surface area contributed by atoms with Crippen LogP contribution in [-0.4, -0.2) is 53.9 Å². The molecule has 108 valence electrons. The Bertz CT molecular complexity index is 512. The van der Waals surface area contributed by atoms with Crippen molar-refractivity contribution in [2.45, 2.75) is 6.92 Å². The zero-order valence-corrected chi connectivity index (χ0v) is 11.6. The number of benzene rings is 1. The Morgan fingerprint density at radius 3 is 2.45 bits per heavy atom. The summed E-state index contributed by atoms with van der Waals surface area (Å²) < 4.78 is 0. The number of rotatable bonds is 5. The fourth-order valence-corrected chi connectivity index (χ4v) is 1.87. The van der Waals surface area contributed by atoms with Crippen molar-refractivity contribution in [3.63, 3.8) is 0 Å². The third-order valence-corrected chi connectivity index (χ3v) is 2.69. The van der Waals surface area contributed by atoms with Crippen LogP contribution >= 0.6 is 0 Å². The molecule has 0 unspecified atom stereocenters. The molecule has 0 fully saturated rings. The summed E-state index contributed by atoms with van der Waals surface area (Å²) >= 11 is 0. The minimum Gasteiger partial charge on any atom is -0.395 e. The van der Waals surface area contributed by atoms with E-state index >= 15 is 0 Å². The average Bonchev–Trinajstić information content (AvgIpc) is 2.43. The molecule has 1 amide bonds. The Kier molecular flexibility index (Phi) is 6.74. The van der Waals surface area contributed by atoms with Crippen LogP contribution in [0.15, 0.2) is 18.2 Å². The number of nitrogens with two attached hydrogens (primary N) is 1. The average molecular weight is 276 g/mol. The first-order valence-electron chi connectivity index (χ1n) is 6.44. The van der Waals surface area contributed by atoms with Crippen molar-refractivity contribution in [1.82, 2.24) is 4.90 Å². The number of nitrogens with zero attached hydrogens (tertiary/aromatic N) is 1. The van der Waals surface area contributed by atoms with Crippen LogP contribution in [0, 0.1) is 18.8 Å². The number of hydrogen-bond acceptors (Lipinski definition) is 4. The molecule has 4 N–H and O–H groups in total. The summed E-state index contributed by atoms with van der Waals surface area (Å²) in [5.74, 6) is 5.42. The predicted octanol–water partition coefficient (Wildman–Crippen LogP) is -0.268. The molecular formula is C15H20N2O3. The summed E-state index contributed by atoms with van der Waals surface area (Å²) in [4.78, 5) is 13.7. The summed E-state index contributed by atoms with van der Waals surface area (Å²) in [7, 11) is 0. The Hall–Kier alpha value is -1.87. The van der Waals surface area contributed by atoms with E-state index in [4.69, 9.17) is 15.9 Å². The van der Waals surface area contributed by atoms with Crippen LogP contribution in [0.25, 0.3) is 0 Å². The predicted molar refractivity (Wildman–Crippen MR) is 77.2 cm³/mol. The molecule has 0 spiro atoms. The Labute approximate surface area is 119 Å². The standard InChI is InChI=1S/C15H20N2O3/c1-12-9-13(3-2-4-16)11-14(10-12)15(20)17(5-7-18)6-8-19/h9-11,18-19H,4-8,16H2,1H3. The van der Waals surface area contributed by atoms with Gasteiger partial charge in [0.05, 0.1) is 19.8 Å². The van der Waals surface area contributed by atoms with Gasteiger partial charge in [0.15, 0.2) is 0 Å². The second-order valence-electron chi connectivity index (χ2n) is 4.33. The number of carbonyl (C=O) groups is 1. The minimum absolute atomic E-state index is 0.141. The summed E-state index contributed by atoms with van der Waals surface area (Å²) in [6.07, 6.45) is 0. The van der Waals surface area contributed by atoms with Crippen LogP contribution in [0.1, 0.15) is 21.5 Å². The summed E-state index contributed by atoms with van der Waals surface area (Å²) in [5.41, 5.74) is 7.48. The van der Waals surface area contributed by atoms with Crippen LogP contribution in [0.5, 0.6) is 0 Å². The van der Waals surface area contributed by atoms with Gasteiger partial charge in [-0.15, -0.1) is 0 Å². The third-order valence-electron chi connectivity index (χ3n) is 2.69. The van der Waals surface area contributed by atoms with Gasteiger partial charge < -0.3 is 20.8 Å². The van der Waals surface area contributed by atoms with Gasteiger partial charge in [0, 0.05) is 24.2 Å². The summed E-state index contributed by atoms with van der Waals surface area (Å²) in [6, 6.07) is 5.33. The van der Waals surface area contributed by atoms with Gasteiger partial charge in [-0.2, -0.15) is 0 Å². The molecule has 0 saturated heterocycles. The molecule has 20 heavy (non-hydrogen) atoms. The van der Waals surface area contributed by atoms with Crippen molar-refractivity contribution >= 4 is 5.91 Å². The quantitative estimate of drug-likeness (QED) is 0.646. The lowest BCUT2D eigenvalue weighted by molar-refractivity contribution is 0.0684. The molecule has 0 atom stereocenters. The molecule has 5 nitrogen and oxygen atoms in total. The lowest BCUT2D eigenvalue weighted by atomic mass is 10.1. The van der Waals surface area contributed by atoms with Crippen LogP contribution in [0.2, 0.25) is 0 Å². The highest BCUT2D eigenvalue weighted by Crippen LogP contribution is 2.11. The lowest BCUT2D eigenvalue weighted by Crippen LogP contribution is -2.35. The maximum absolute atomic E-state index is 12.3. The molecule has 0 aliphatic heterocycles. The van der Waals surface area contributed by atoms with Crippen molar-refractivity contribution in [2.24, 2.45) is 5.73 Å². The molecular weight excluding hydrogens is 256 g/mol. The monoisotopic (exact) mass is 276 g/mol. The Morgan fingerprint density at radius 2 is 1.90 bits per heavy atom. The number of carbonyl (C=O) groups excluding carboxylic acids is 1. The van der Waals surface area contributed by atoms with E-state index < -0.39 is 0 Å². The van der Waals surface area contributed by atoms with Gasteiger partial charge in [-0.3, -0.25) is 4.79 Å². The number of aliphatic hydroxyl groups is 2. The van der Waals surface area contributed by atoms with E-state index in [1.807, 2.05) is 13.0 Å². The van der Waals surface area contributed by atoms with Gasteiger partial charge in [0.1, 0.15) is 0 Å². The third kappa shape index (κ3) is 4.67. The van der Waals surface area contributed by atoms with Crippen LogP contribution in [0.4, 0.5) is 0 Å². The molecule has 0 saturated carbocycles. The number of aryl methyl sites for hydroxylation is 1. The van der Waals surface area contributed by atoms with E-state index in [1.165, 1.54) is 4.90 Å². The van der Waals surface area contributed by atoms with Gasteiger partial charge in [-0.25, -0.2) is 0 Å². The van der Waals surface area contributed by atoms with Crippen molar-refractivity contribution < 1.29 is 15.0 Å². The zero-order valence-electron chi connectivity index (χ0n) is 11.6. The lowest BCUT2D eigenvalue weighted by Gasteiger charge is -2.21. The maximum atomic E-state index is 12.3. The van der Waals surface area contributed by atoms with E-state index in [2.05, 4.69) is 11.8 Å². The Morgan fingerprint density at radius 1 is 1.25 bits per heavy atom. The Balaban J connectivity index is 3.04. The summed E-state index contributed by atoms with van der Waals surface area (Å²) in [6.45, 7) is 2.24. The van der Waals surface area contributed by atoms with Crippen molar-refractivity contribution in [2.75, 3.05) is 32.8 Å². The molecule has 0 bridgehead atoms. The summed E-state index contributed by atoms with van der Waals surface area (Å²) in [5, 5.41) is 17.9. The van der Waals surface area contributed by atoms with Crippen LogP contribution < -0.4 is 5.73 Å².